The Morgan fingerprint density at radius 1 is 1.28 bits per heavy atom. The molecule has 1 aliphatic heterocycles. The minimum absolute atomic E-state index is 0.00467. The number of carbonyl (C=O) groups excluding carboxylic acids is 1. The van der Waals surface area contributed by atoms with Crippen LogP contribution in [0, 0.1) is 5.82 Å². The number of benzene rings is 1. The zero-order chi connectivity index (χ0) is 18.6. The molecular weight excluding hydrogens is 351 g/mol. The van der Waals surface area contributed by atoms with Crippen LogP contribution < -0.4 is 0 Å². The number of hydrogen-bond donors (Lipinski definition) is 1. The van der Waals surface area contributed by atoms with Gasteiger partial charge in [-0.15, -0.1) is 0 Å². The van der Waals surface area contributed by atoms with Crippen LogP contribution in [-0.4, -0.2) is 60.8 Å². The highest BCUT2D eigenvalue weighted by atomic mass is 32.2. The zero-order valence-electron chi connectivity index (χ0n) is 13.9. The average molecular weight is 372 g/mol. The van der Waals surface area contributed by atoms with E-state index >= 15 is 0 Å². The molecule has 0 atom stereocenters. The van der Waals surface area contributed by atoms with Gasteiger partial charge >= 0.3 is 5.97 Å². The molecule has 0 aromatic heterocycles. The number of hydrogen-bond acceptors (Lipinski definition) is 4. The van der Waals surface area contributed by atoms with E-state index in [1.807, 2.05) is 0 Å². The number of likely N-dealkylation sites (tertiary alicyclic amines) is 1. The summed E-state index contributed by atoms with van der Waals surface area (Å²) in [4.78, 5) is 24.3. The van der Waals surface area contributed by atoms with E-state index in [-0.39, 0.29) is 17.0 Å². The zero-order valence-corrected chi connectivity index (χ0v) is 14.8. The van der Waals surface area contributed by atoms with E-state index in [4.69, 9.17) is 5.11 Å². The summed E-state index contributed by atoms with van der Waals surface area (Å²) in [5.74, 6) is -2.68. The highest BCUT2D eigenvalue weighted by molar-refractivity contribution is 7.89. The second-order valence-corrected chi connectivity index (χ2v) is 7.81. The third-order valence-electron chi connectivity index (χ3n) is 3.99. The van der Waals surface area contributed by atoms with Crippen molar-refractivity contribution in [3.05, 3.63) is 29.6 Å². The first-order chi connectivity index (χ1) is 11.8. The molecule has 1 heterocycles. The SMILES string of the molecule is CCCN(CC(=O)O)S(=O)(=O)c1ccc(C(=O)N2CCCC2)c(F)c1. The van der Waals surface area contributed by atoms with Gasteiger partial charge in [0.2, 0.25) is 10.0 Å². The minimum Gasteiger partial charge on any atom is -0.480 e. The highest BCUT2D eigenvalue weighted by Gasteiger charge is 2.28. The van der Waals surface area contributed by atoms with Gasteiger partial charge in [0.25, 0.3) is 5.91 Å². The highest BCUT2D eigenvalue weighted by Crippen LogP contribution is 2.21. The van der Waals surface area contributed by atoms with Crippen LogP contribution in [0.5, 0.6) is 0 Å². The van der Waals surface area contributed by atoms with E-state index in [1.54, 1.807) is 6.92 Å². The molecule has 1 N–H and O–H groups in total. The second-order valence-electron chi connectivity index (χ2n) is 5.87. The number of amides is 1. The predicted molar refractivity (Wildman–Crippen MR) is 88.2 cm³/mol. The van der Waals surface area contributed by atoms with E-state index in [9.17, 15) is 22.4 Å². The molecular formula is C16H21FN2O5S. The summed E-state index contributed by atoms with van der Waals surface area (Å²) in [7, 11) is -4.15. The Labute approximate surface area is 146 Å². The number of halogens is 1. The average Bonchev–Trinajstić information content (AvgIpc) is 3.07. The van der Waals surface area contributed by atoms with Crippen LogP contribution in [0.2, 0.25) is 0 Å². The predicted octanol–water partition coefficient (Wildman–Crippen LogP) is 1.55. The number of carboxylic acid groups (broad SMARTS) is 1. The summed E-state index contributed by atoms with van der Waals surface area (Å²) in [6.07, 6.45) is 2.14. The van der Waals surface area contributed by atoms with Gasteiger partial charge in [-0.2, -0.15) is 4.31 Å². The molecule has 1 aliphatic rings. The number of carboxylic acids is 1. The van der Waals surface area contributed by atoms with Crippen molar-refractivity contribution >= 4 is 21.9 Å². The number of sulfonamides is 1. The molecule has 7 nitrogen and oxygen atoms in total. The standard InChI is InChI=1S/C16H21FN2O5S/c1-2-7-19(11-15(20)21)25(23,24)12-5-6-13(14(17)10-12)16(22)18-8-3-4-9-18/h5-6,10H,2-4,7-9,11H2,1H3,(H,20,21). The van der Waals surface area contributed by atoms with Gasteiger partial charge in [-0.25, -0.2) is 12.8 Å². The third kappa shape index (κ3) is 4.35. The van der Waals surface area contributed by atoms with E-state index in [0.29, 0.717) is 19.5 Å². The molecule has 25 heavy (non-hydrogen) atoms. The van der Waals surface area contributed by atoms with Crippen molar-refractivity contribution in [2.24, 2.45) is 0 Å². The number of nitrogens with zero attached hydrogens (tertiary/aromatic N) is 2. The van der Waals surface area contributed by atoms with Crippen LogP contribution in [0.3, 0.4) is 0 Å². The molecule has 1 aromatic rings. The largest absolute Gasteiger partial charge is 0.480 e. The summed E-state index contributed by atoms with van der Waals surface area (Å²) in [5, 5.41) is 8.88. The summed E-state index contributed by atoms with van der Waals surface area (Å²) < 4.78 is 40.2. The van der Waals surface area contributed by atoms with Crippen molar-refractivity contribution in [1.82, 2.24) is 9.21 Å². The van der Waals surface area contributed by atoms with Crippen molar-refractivity contribution in [3.63, 3.8) is 0 Å². The van der Waals surface area contributed by atoms with Crippen LogP contribution >= 0.6 is 0 Å². The van der Waals surface area contributed by atoms with Gasteiger partial charge < -0.3 is 10.0 Å². The maximum atomic E-state index is 14.3. The van der Waals surface area contributed by atoms with Gasteiger partial charge in [0.1, 0.15) is 12.4 Å². The molecule has 1 saturated heterocycles. The number of carbonyl (C=O) groups is 2. The Morgan fingerprint density at radius 2 is 1.92 bits per heavy atom. The van der Waals surface area contributed by atoms with Crippen molar-refractivity contribution in [2.45, 2.75) is 31.1 Å². The lowest BCUT2D eigenvalue weighted by Crippen LogP contribution is -2.36. The van der Waals surface area contributed by atoms with Gasteiger partial charge in [0.15, 0.2) is 0 Å². The van der Waals surface area contributed by atoms with Gasteiger partial charge in [0.05, 0.1) is 10.5 Å². The van der Waals surface area contributed by atoms with E-state index < -0.39 is 34.3 Å². The topological polar surface area (TPSA) is 95.0 Å². The lowest BCUT2D eigenvalue weighted by atomic mass is 10.2. The molecule has 0 spiro atoms. The lowest BCUT2D eigenvalue weighted by molar-refractivity contribution is -0.137. The molecule has 1 amide bonds. The van der Waals surface area contributed by atoms with Gasteiger partial charge in [-0.05, 0) is 37.5 Å². The van der Waals surface area contributed by atoms with Crippen LogP contribution in [0.1, 0.15) is 36.5 Å². The van der Waals surface area contributed by atoms with Crippen molar-refractivity contribution in [1.29, 1.82) is 0 Å². The maximum absolute atomic E-state index is 14.3. The van der Waals surface area contributed by atoms with Crippen molar-refractivity contribution in [2.75, 3.05) is 26.2 Å². The molecule has 0 bridgehead atoms. The Kier molecular flexibility index (Phi) is 6.12. The first-order valence-corrected chi connectivity index (χ1v) is 9.52. The maximum Gasteiger partial charge on any atom is 0.318 e. The molecule has 1 aromatic carbocycles. The fourth-order valence-corrected chi connectivity index (χ4v) is 4.25. The third-order valence-corrected chi connectivity index (χ3v) is 5.83. The Bertz CT molecular complexity index is 760. The first-order valence-electron chi connectivity index (χ1n) is 8.08. The monoisotopic (exact) mass is 372 g/mol. The fraction of sp³-hybridized carbons (Fsp3) is 0.500. The first kappa shape index (κ1) is 19.3. The molecule has 2 rings (SSSR count). The van der Waals surface area contributed by atoms with E-state index in [0.717, 1.165) is 35.3 Å². The summed E-state index contributed by atoms with van der Waals surface area (Å²) in [6.45, 7) is 2.13. The van der Waals surface area contributed by atoms with Gasteiger partial charge in [0, 0.05) is 19.6 Å². The van der Waals surface area contributed by atoms with Crippen LogP contribution in [0.15, 0.2) is 23.1 Å². The fourth-order valence-electron chi connectivity index (χ4n) is 2.75. The van der Waals surface area contributed by atoms with Crippen molar-refractivity contribution < 1.29 is 27.5 Å². The van der Waals surface area contributed by atoms with Crippen LogP contribution in [-0.2, 0) is 14.8 Å². The Morgan fingerprint density at radius 3 is 2.44 bits per heavy atom. The van der Waals surface area contributed by atoms with Gasteiger partial charge in [-0.3, -0.25) is 9.59 Å². The molecule has 138 valence electrons. The Balaban J connectivity index is 2.31. The van der Waals surface area contributed by atoms with Gasteiger partial charge in [-0.1, -0.05) is 6.92 Å². The Hall–Kier alpha value is -2.00. The smallest absolute Gasteiger partial charge is 0.318 e. The normalized spacial score (nSPS) is 14.9. The van der Waals surface area contributed by atoms with Crippen molar-refractivity contribution in [3.8, 4) is 0 Å². The number of aliphatic carboxylic acids is 1. The quantitative estimate of drug-likeness (QED) is 0.783. The molecule has 1 fully saturated rings. The molecule has 0 unspecified atom stereocenters. The van der Waals surface area contributed by atoms with E-state index in [2.05, 4.69) is 0 Å². The molecule has 0 saturated carbocycles. The number of rotatable bonds is 7. The molecule has 9 heteroatoms. The van der Waals surface area contributed by atoms with Crippen LogP contribution in [0.25, 0.3) is 0 Å². The minimum atomic E-state index is -4.15. The lowest BCUT2D eigenvalue weighted by Gasteiger charge is -2.20. The summed E-state index contributed by atoms with van der Waals surface area (Å²) in [6, 6.07) is 3.07. The van der Waals surface area contributed by atoms with Crippen LogP contribution in [0.4, 0.5) is 4.39 Å². The van der Waals surface area contributed by atoms with E-state index in [1.165, 1.54) is 4.90 Å². The molecule has 0 aliphatic carbocycles. The second kappa shape index (κ2) is 7.92. The summed E-state index contributed by atoms with van der Waals surface area (Å²) in [5.41, 5.74) is -0.180. The summed E-state index contributed by atoms with van der Waals surface area (Å²) >= 11 is 0. The molecule has 0 radical (unpaired) electrons.